The van der Waals surface area contributed by atoms with E-state index in [4.69, 9.17) is 16.3 Å². The minimum atomic E-state index is -0.248. The van der Waals surface area contributed by atoms with Crippen molar-refractivity contribution in [3.05, 3.63) is 28.8 Å². The van der Waals surface area contributed by atoms with Gasteiger partial charge in [0.05, 0.1) is 7.11 Å². The summed E-state index contributed by atoms with van der Waals surface area (Å²) in [5.41, 5.74) is 2.35. The molecule has 0 saturated carbocycles. The van der Waals surface area contributed by atoms with Gasteiger partial charge in [-0.2, -0.15) is 0 Å². The molecule has 98 valence electrons. The van der Waals surface area contributed by atoms with Gasteiger partial charge in [-0.25, -0.2) is 4.79 Å². The lowest BCUT2D eigenvalue weighted by atomic mass is 10.1. The zero-order chi connectivity index (χ0) is 13.1. The fraction of sp³-hybridized carbons (Fsp3) is 0.462. The summed E-state index contributed by atoms with van der Waals surface area (Å²) >= 11 is 5.95. The third-order valence-corrected chi connectivity index (χ3v) is 3.45. The summed E-state index contributed by atoms with van der Waals surface area (Å²) in [6.07, 6.45) is -0.248. The smallest absolute Gasteiger partial charge is 0.409 e. The van der Waals surface area contributed by atoms with Gasteiger partial charge in [0.15, 0.2) is 0 Å². The maximum atomic E-state index is 11.4. The highest BCUT2D eigenvalue weighted by Gasteiger charge is 2.22. The van der Waals surface area contributed by atoms with Gasteiger partial charge in [-0.15, -0.1) is 0 Å². The molecule has 5 heteroatoms. The van der Waals surface area contributed by atoms with Crippen LogP contribution < -0.4 is 4.90 Å². The van der Waals surface area contributed by atoms with E-state index in [1.807, 2.05) is 25.1 Å². The van der Waals surface area contributed by atoms with Crippen LogP contribution in [0, 0.1) is 6.92 Å². The highest BCUT2D eigenvalue weighted by Crippen LogP contribution is 2.24. The molecule has 1 heterocycles. The molecule has 0 bridgehead atoms. The summed E-state index contributed by atoms with van der Waals surface area (Å²) in [6.45, 7) is 5.06. The van der Waals surface area contributed by atoms with Crippen molar-refractivity contribution in [1.82, 2.24) is 4.90 Å². The molecule has 2 rings (SSSR count). The van der Waals surface area contributed by atoms with E-state index < -0.39 is 0 Å². The van der Waals surface area contributed by atoms with E-state index >= 15 is 0 Å². The number of nitrogens with zero attached hydrogens (tertiary/aromatic N) is 2. The van der Waals surface area contributed by atoms with E-state index in [0.717, 1.165) is 23.7 Å². The molecule has 0 radical (unpaired) electrons. The Hall–Kier alpha value is -1.42. The second kappa shape index (κ2) is 5.48. The van der Waals surface area contributed by atoms with Gasteiger partial charge < -0.3 is 14.5 Å². The molecule has 0 spiro atoms. The molecule has 1 aromatic carbocycles. The van der Waals surface area contributed by atoms with Crippen LogP contribution in [0.25, 0.3) is 0 Å². The fourth-order valence-corrected chi connectivity index (χ4v) is 2.46. The molecule has 1 aliphatic heterocycles. The molecule has 0 aliphatic carbocycles. The van der Waals surface area contributed by atoms with Crippen molar-refractivity contribution < 1.29 is 9.53 Å². The Morgan fingerprint density at radius 1 is 1.28 bits per heavy atom. The van der Waals surface area contributed by atoms with Crippen molar-refractivity contribution in [2.75, 3.05) is 38.2 Å². The largest absolute Gasteiger partial charge is 0.453 e. The normalized spacial score (nSPS) is 15.7. The second-order valence-electron chi connectivity index (χ2n) is 4.37. The van der Waals surface area contributed by atoms with Gasteiger partial charge in [0, 0.05) is 36.9 Å². The van der Waals surface area contributed by atoms with E-state index in [1.54, 1.807) is 4.90 Å². The molecule has 1 saturated heterocycles. The summed E-state index contributed by atoms with van der Waals surface area (Å²) in [6, 6.07) is 5.89. The molecule has 0 N–H and O–H groups in total. The number of carbonyl (C=O) groups is 1. The predicted octanol–water partition coefficient (Wildman–Crippen LogP) is 2.54. The standard InChI is InChI=1S/C13H17ClN2O2/c1-10-9-11(14)3-4-12(10)15-5-7-16(8-6-15)13(17)18-2/h3-4,9H,5-8H2,1-2H3. The maximum absolute atomic E-state index is 11.4. The summed E-state index contributed by atoms with van der Waals surface area (Å²) < 4.78 is 4.72. The number of aryl methyl sites for hydroxylation is 1. The number of rotatable bonds is 1. The van der Waals surface area contributed by atoms with Gasteiger partial charge in [0.1, 0.15) is 0 Å². The highest BCUT2D eigenvalue weighted by molar-refractivity contribution is 6.30. The van der Waals surface area contributed by atoms with Crippen LogP contribution in [-0.4, -0.2) is 44.3 Å². The Labute approximate surface area is 112 Å². The van der Waals surface area contributed by atoms with Crippen LogP contribution in [0.15, 0.2) is 18.2 Å². The Kier molecular flexibility index (Phi) is 3.97. The molecular weight excluding hydrogens is 252 g/mol. The third-order valence-electron chi connectivity index (χ3n) is 3.21. The Morgan fingerprint density at radius 3 is 2.50 bits per heavy atom. The number of hydrogen-bond donors (Lipinski definition) is 0. The van der Waals surface area contributed by atoms with Crippen molar-refractivity contribution >= 4 is 23.4 Å². The Balaban J connectivity index is 2.03. The Bertz CT molecular complexity index is 443. The third kappa shape index (κ3) is 2.70. The first-order valence-electron chi connectivity index (χ1n) is 5.96. The van der Waals surface area contributed by atoms with Crippen LogP contribution in [0.4, 0.5) is 10.5 Å². The second-order valence-corrected chi connectivity index (χ2v) is 4.81. The quantitative estimate of drug-likeness (QED) is 0.785. The summed E-state index contributed by atoms with van der Waals surface area (Å²) in [5.74, 6) is 0. The monoisotopic (exact) mass is 268 g/mol. The number of benzene rings is 1. The number of halogens is 1. The molecule has 0 aromatic heterocycles. The topological polar surface area (TPSA) is 32.8 Å². The summed E-state index contributed by atoms with van der Waals surface area (Å²) in [4.78, 5) is 15.4. The molecule has 18 heavy (non-hydrogen) atoms. The van der Waals surface area contributed by atoms with Gasteiger partial charge in [0.2, 0.25) is 0 Å². The number of carbonyl (C=O) groups excluding carboxylic acids is 1. The number of anilines is 1. The molecule has 1 aromatic rings. The summed E-state index contributed by atoms with van der Waals surface area (Å²) in [7, 11) is 1.41. The number of hydrogen-bond acceptors (Lipinski definition) is 3. The van der Waals surface area contributed by atoms with Gasteiger partial charge in [-0.3, -0.25) is 0 Å². The van der Waals surface area contributed by atoms with Crippen molar-refractivity contribution in [2.45, 2.75) is 6.92 Å². The van der Waals surface area contributed by atoms with E-state index in [0.29, 0.717) is 13.1 Å². The molecular formula is C13H17ClN2O2. The SMILES string of the molecule is COC(=O)N1CCN(c2ccc(Cl)cc2C)CC1. The maximum Gasteiger partial charge on any atom is 0.409 e. The Morgan fingerprint density at radius 2 is 1.94 bits per heavy atom. The van der Waals surface area contributed by atoms with Crippen LogP contribution in [0.1, 0.15) is 5.56 Å². The zero-order valence-electron chi connectivity index (χ0n) is 10.6. The molecule has 1 fully saturated rings. The number of amides is 1. The van der Waals surface area contributed by atoms with Crippen LogP contribution in [-0.2, 0) is 4.74 Å². The van der Waals surface area contributed by atoms with E-state index in [-0.39, 0.29) is 6.09 Å². The van der Waals surface area contributed by atoms with Gasteiger partial charge in [-0.1, -0.05) is 11.6 Å². The molecule has 4 nitrogen and oxygen atoms in total. The van der Waals surface area contributed by atoms with E-state index in [9.17, 15) is 4.79 Å². The first-order valence-corrected chi connectivity index (χ1v) is 6.33. The average molecular weight is 269 g/mol. The van der Waals surface area contributed by atoms with Gasteiger partial charge >= 0.3 is 6.09 Å². The number of methoxy groups -OCH3 is 1. The summed E-state index contributed by atoms with van der Waals surface area (Å²) in [5, 5.41) is 0.754. The van der Waals surface area contributed by atoms with Crippen LogP contribution in [0.5, 0.6) is 0 Å². The molecule has 0 unspecified atom stereocenters. The fourth-order valence-electron chi connectivity index (χ4n) is 2.23. The highest BCUT2D eigenvalue weighted by atomic mass is 35.5. The minimum Gasteiger partial charge on any atom is -0.453 e. The number of ether oxygens (including phenoxy) is 1. The molecule has 0 atom stereocenters. The van der Waals surface area contributed by atoms with E-state index in [2.05, 4.69) is 4.90 Å². The van der Waals surface area contributed by atoms with Gasteiger partial charge in [-0.05, 0) is 30.7 Å². The lowest BCUT2D eigenvalue weighted by molar-refractivity contribution is 0.121. The van der Waals surface area contributed by atoms with Gasteiger partial charge in [0.25, 0.3) is 0 Å². The minimum absolute atomic E-state index is 0.248. The average Bonchev–Trinajstić information content (AvgIpc) is 2.38. The van der Waals surface area contributed by atoms with Crippen molar-refractivity contribution in [2.24, 2.45) is 0 Å². The lowest BCUT2D eigenvalue weighted by Crippen LogP contribution is -2.48. The van der Waals surface area contributed by atoms with Crippen molar-refractivity contribution in [3.8, 4) is 0 Å². The van der Waals surface area contributed by atoms with Crippen molar-refractivity contribution in [3.63, 3.8) is 0 Å². The number of piperazine rings is 1. The molecule has 1 amide bonds. The first-order chi connectivity index (χ1) is 8.61. The first kappa shape index (κ1) is 13.0. The van der Waals surface area contributed by atoms with Crippen LogP contribution >= 0.6 is 11.6 Å². The molecule has 1 aliphatic rings. The predicted molar refractivity (Wildman–Crippen MR) is 72.4 cm³/mol. The van der Waals surface area contributed by atoms with Crippen LogP contribution in [0.3, 0.4) is 0 Å². The zero-order valence-corrected chi connectivity index (χ0v) is 11.4. The van der Waals surface area contributed by atoms with Crippen molar-refractivity contribution in [1.29, 1.82) is 0 Å². The van der Waals surface area contributed by atoms with Crippen LogP contribution in [0.2, 0.25) is 5.02 Å². The van der Waals surface area contributed by atoms with E-state index in [1.165, 1.54) is 12.8 Å². The lowest BCUT2D eigenvalue weighted by Gasteiger charge is -2.36.